The smallest absolute Gasteiger partial charge is 0.0134 e. The topological polar surface area (TPSA) is 12.0 Å². The molecule has 0 radical (unpaired) electrons. The monoisotopic (exact) mass is 113 g/mol. The highest BCUT2D eigenvalue weighted by atomic mass is 14.8. The van der Waals surface area contributed by atoms with Gasteiger partial charge in [0, 0.05) is 6.54 Å². The molecule has 0 amide bonds. The Kier molecular flexibility index (Phi) is 4.67. The van der Waals surface area contributed by atoms with E-state index in [1.165, 1.54) is 12.0 Å². The highest BCUT2D eigenvalue weighted by molar-refractivity contribution is 4.97. The van der Waals surface area contributed by atoms with Gasteiger partial charge in [0.15, 0.2) is 0 Å². The molecule has 0 atom stereocenters. The third-order valence-electron chi connectivity index (χ3n) is 1.21. The summed E-state index contributed by atoms with van der Waals surface area (Å²) in [5.74, 6) is 0. The van der Waals surface area contributed by atoms with Gasteiger partial charge in [-0.25, -0.2) is 0 Å². The van der Waals surface area contributed by atoms with Crippen LogP contribution in [0.15, 0.2) is 11.6 Å². The fourth-order valence-corrected chi connectivity index (χ4v) is 0.421. The van der Waals surface area contributed by atoms with E-state index in [0.29, 0.717) is 0 Å². The van der Waals surface area contributed by atoms with Gasteiger partial charge in [0.25, 0.3) is 0 Å². The summed E-state index contributed by atoms with van der Waals surface area (Å²) in [6.45, 7) is 5.32. The first-order valence-corrected chi connectivity index (χ1v) is 3.11. The molecule has 1 heteroatoms. The fourth-order valence-electron chi connectivity index (χ4n) is 0.421. The van der Waals surface area contributed by atoms with Gasteiger partial charge in [0.2, 0.25) is 0 Å². The number of likely N-dealkylation sites (N-methyl/N-ethyl adjacent to an activating group) is 1. The van der Waals surface area contributed by atoms with Crippen LogP contribution in [0.2, 0.25) is 0 Å². The summed E-state index contributed by atoms with van der Waals surface area (Å²) < 4.78 is 0. The molecule has 0 aromatic carbocycles. The lowest BCUT2D eigenvalue weighted by atomic mass is 10.2. The van der Waals surface area contributed by atoms with Gasteiger partial charge >= 0.3 is 0 Å². The van der Waals surface area contributed by atoms with E-state index in [4.69, 9.17) is 0 Å². The van der Waals surface area contributed by atoms with Crippen LogP contribution in [-0.4, -0.2) is 13.6 Å². The van der Waals surface area contributed by atoms with Crippen LogP contribution in [0.1, 0.15) is 20.3 Å². The maximum Gasteiger partial charge on any atom is 0.0134 e. The Morgan fingerprint density at radius 1 is 1.62 bits per heavy atom. The lowest BCUT2D eigenvalue weighted by molar-refractivity contribution is 0.904. The first-order valence-electron chi connectivity index (χ1n) is 3.11. The van der Waals surface area contributed by atoms with Crippen molar-refractivity contribution >= 4 is 0 Å². The molecule has 0 aliphatic carbocycles. The Hall–Kier alpha value is -0.300. The van der Waals surface area contributed by atoms with Gasteiger partial charge < -0.3 is 5.32 Å². The summed E-state index contributed by atoms with van der Waals surface area (Å²) in [5.41, 5.74) is 1.46. The molecule has 0 saturated heterocycles. The van der Waals surface area contributed by atoms with Crippen molar-refractivity contribution in [1.29, 1.82) is 0 Å². The molecule has 0 heterocycles. The van der Waals surface area contributed by atoms with E-state index in [2.05, 4.69) is 25.2 Å². The van der Waals surface area contributed by atoms with Crippen molar-refractivity contribution in [1.82, 2.24) is 5.32 Å². The zero-order valence-electron chi connectivity index (χ0n) is 5.99. The Balaban J connectivity index is 3.26. The molecule has 8 heavy (non-hydrogen) atoms. The number of rotatable bonds is 3. The van der Waals surface area contributed by atoms with E-state index in [-0.39, 0.29) is 0 Å². The van der Waals surface area contributed by atoms with Gasteiger partial charge in [0.1, 0.15) is 0 Å². The summed E-state index contributed by atoms with van der Waals surface area (Å²) in [5, 5.41) is 3.06. The van der Waals surface area contributed by atoms with Gasteiger partial charge in [-0.15, -0.1) is 0 Å². The standard InChI is InChI=1S/C7H15N/c1-4-7(2)5-6-8-3/h5,8H,4,6H2,1-3H3. The summed E-state index contributed by atoms with van der Waals surface area (Å²) in [7, 11) is 1.96. The molecular formula is C7H15N. The van der Waals surface area contributed by atoms with E-state index in [9.17, 15) is 0 Å². The van der Waals surface area contributed by atoms with Crippen molar-refractivity contribution in [2.45, 2.75) is 20.3 Å². The molecular weight excluding hydrogens is 98.1 g/mol. The molecule has 0 aliphatic rings. The van der Waals surface area contributed by atoms with Crippen molar-refractivity contribution in [2.24, 2.45) is 0 Å². The van der Waals surface area contributed by atoms with Crippen molar-refractivity contribution in [2.75, 3.05) is 13.6 Å². The molecule has 48 valence electrons. The minimum Gasteiger partial charge on any atom is -0.316 e. The van der Waals surface area contributed by atoms with Crippen LogP contribution < -0.4 is 5.32 Å². The molecule has 0 aliphatic heterocycles. The molecule has 1 N–H and O–H groups in total. The highest BCUT2D eigenvalue weighted by Gasteiger charge is 1.78. The molecule has 0 unspecified atom stereocenters. The summed E-state index contributed by atoms with van der Waals surface area (Å²) in [6.07, 6.45) is 3.38. The van der Waals surface area contributed by atoms with Crippen LogP contribution in [-0.2, 0) is 0 Å². The SMILES string of the molecule is CCC(C)=CCNC. The van der Waals surface area contributed by atoms with Crippen molar-refractivity contribution in [3.63, 3.8) is 0 Å². The zero-order chi connectivity index (χ0) is 6.41. The Morgan fingerprint density at radius 2 is 2.25 bits per heavy atom. The maximum atomic E-state index is 3.06. The number of hydrogen-bond donors (Lipinski definition) is 1. The van der Waals surface area contributed by atoms with Crippen LogP contribution >= 0.6 is 0 Å². The van der Waals surface area contributed by atoms with Gasteiger partial charge in [-0.1, -0.05) is 18.6 Å². The van der Waals surface area contributed by atoms with Crippen LogP contribution in [0, 0.1) is 0 Å². The molecule has 0 rings (SSSR count). The maximum absolute atomic E-state index is 3.06. The minimum atomic E-state index is 1.000. The average molecular weight is 113 g/mol. The van der Waals surface area contributed by atoms with Crippen LogP contribution in [0.3, 0.4) is 0 Å². The normalized spacial score (nSPS) is 12.1. The number of nitrogens with one attached hydrogen (secondary N) is 1. The van der Waals surface area contributed by atoms with E-state index < -0.39 is 0 Å². The second-order valence-electron chi connectivity index (χ2n) is 1.96. The predicted octanol–water partition coefficient (Wildman–Crippen LogP) is 1.56. The molecule has 0 bridgehead atoms. The lowest BCUT2D eigenvalue weighted by Crippen LogP contribution is -2.04. The second kappa shape index (κ2) is 4.85. The van der Waals surface area contributed by atoms with E-state index in [1.54, 1.807) is 0 Å². The molecule has 0 aromatic heterocycles. The Bertz CT molecular complexity index is 74.5. The van der Waals surface area contributed by atoms with Crippen LogP contribution in [0.4, 0.5) is 0 Å². The predicted molar refractivity (Wildman–Crippen MR) is 38.0 cm³/mol. The van der Waals surface area contributed by atoms with E-state index >= 15 is 0 Å². The van der Waals surface area contributed by atoms with Gasteiger partial charge in [-0.3, -0.25) is 0 Å². The number of allylic oxidation sites excluding steroid dienone is 1. The molecule has 0 saturated carbocycles. The molecule has 1 nitrogen and oxygen atoms in total. The van der Waals surface area contributed by atoms with E-state index in [1.807, 2.05) is 7.05 Å². The summed E-state index contributed by atoms with van der Waals surface area (Å²) in [4.78, 5) is 0. The van der Waals surface area contributed by atoms with Crippen LogP contribution in [0.25, 0.3) is 0 Å². The summed E-state index contributed by atoms with van der Waals surface area (Å²) >= 11 is 0. The van der Waals surface area contributed by atoms with Crippen molar-refractivity contribution in [3.05, 3.63) is 11.6 Å². The number of hydrogen-bond acceptors (Lipinski definition) is 1. The Labute approximate surface area is 51.8 Å². The third kappa shape index (κ3) is 3.88. The first-order chi connectivity index (χ1) is 3.81. The molecule has 0 spiro atoms. The second-order valence-corrected chi connectivity index (χ2v) is 1.96. The minimum absolute atomic E-state index is 1.000. The van der Waals surface area contributed by atoms with Crippen molar-refractivity contribution < 1.29 is 0 Å². The lowest BCUT2D eigenvalue weighted by Gasteiger charge is -1.92. The van der Waals surface area contributed by atoms with Gasteiger partial charge in [0.05, 0.1) is 0 Å². The average Bonchev–Trinajstić information content (AvgIpc) is 1.83. The van der Waals surface area contributed by atoms with Gasteiger partial charge in [-0.2, -0.15) is 0 Å². The third-order valence-corrected chi connectivity index (χ3v) is 1.21. The van der Waals surface area contributed by atoms with E-state index in [0.717, 1.165) is 6.54 Å². The highest BCUT2D eigenvalue weighted by Crippen LogP contribution is 1.94. The van der Waals surface area contributed by atoms with Gasteiger partial charge in [-0.05, 0) is 20.4 Å². The molecule has 0 aromatic rings. The molecule has 0 fully saturated rings. The quantitative estimate of drug-likeness (QED) is 0.548. The largest absolute Gasteiger partial charge is 0.316 e. The Morgan fingerprint density at radius 3 is 2.62 bits per heavy atom. The van der Waals surface area contributed by atoms with Crippen LogP contribution in [0.5, 0.6) is 0 Å². The first kappa shape index (κ1) is 7.70. The fraction of sp³-hybridized carbons (Fsp3) is 0.714. The van der Waals surface area contributed by atoms with Crippen molar-refractivity contribution in [3.8, 4) is 0 Å². The zero-order valence-corrected chi connectivity index (χ0v) is 5.99. The summed E-state index contributed by atoms with van der Waals surface area (Å²) in [6, 6.07) is 0.